The average Bonchev–Trinajstić information content (AvgIpc) is 3.32. The van der Waals surface area contributed by atoms with E-state index in [9.17, 15) is 9.90 Å². The Hall–Kier alpha value is -3.57. The van der Waals surface area contributed by atoms with Crippen molar-refractivity contribution in [3.63, 3.8) is 0 Å². The first-order valence-corrected chi connectivity index (χ1v) is 10.0. The molecule has 3 aromatic carbocycles. The molecule has 0 radical (unpaired) electrons. The van der Waals surface area contributed by atoms with Crippen molar-refractivity contribution in [1.82, 2.24) is 9.88 Å². The standard InChI is InChI=1S/C25H22N2O3/c28-24-27(16-15-19-17-26-22-14-8-7-13-21(19)22)25(29,20-11-5-2-6-12-20)23(30-24)18-9-3-1-4-10-18/h1-14,17,23,26,29H,15-16H2/t23-,25+/m1/s1. The van der Waals surface area contributed by atoms with Gasteiger partial charge in [0.05, 0.1) is 0 Å². The Morgan fingerprint density at radius 1 is 0.933 bits per heavy atom. The van der Waals surface area contributed by atoms with Gasteiger partial charge in [-0.05, 0) is 23.6 Å². The number of rotatable bonds is 5. The molecule has 4 aromatic rings. The molecule has 0 bridgehead atoms. The molecule has 30 heavy (non-hydrogen) atoms. The predicted molar refractivity (Wildman–Crippen MR) is 115 cm³/mol. The molecule has 2 heterocycles. The largest absolute Gasteiger partial charge is 0.436 e. The highest BCUT2D eigenvalue weighted by molar-refractivity contribution is 5.83. The summed E-state index contributed by atoms with van der Waals surface area (Å²) in [6.45, 7) is 0.329. The van der Waals surface area contributed by atoms with E-state index in [2.05, 4.69) is 11.1 Å². The zero-order valence-electron chi connectivity index (χ0n) is 16.4. The number of nitrogens with zero attached hydrogens (tertiary/aromatic N) is 1. The molecule has 1 fully saturated rings. The zero-order valence-corrected chi connectivity index (χ0v) is 16.4. The topological polar surface area (TPSA) is 65.6 Å². The number of hydrogen-bond acceptors (Lipinski definition) is 3. The van der Waals surface area contributed by atoms with Crippen molar-refractivity contribution in [2.75, 3.05) is 6.54 Å². The van der Waals surface area contributed by atoms with Gasteiger partial charge in [0.15, 0.2) is 6.10 Å². The van der Waals surface area contributed by atoms with E-state index in [-0.39, 0.29) is 0 Å². The highest BCUT2D eigenvalue weighted by atomic mass is 16.6. The Bertz CT molecular complexity index is 1170. The number of carbonyl (C=O) groups excluding carboxylic acids is 1. The molecule has 5 nitrogen and oxygen atoms in total. The van der Waals surface area contributed by atoms with Gasteiger partial charge in [-0.3, -0.25) is 4.90 Å². The van der Waals surface area contributed by atoms with Crippen LogP contribution in [0.4, 0.5) is 4.79 Å². The Labute approximate surface area is 174 Å². The summed E-state index contributed by atoms with van der Waals surface area (Å²) in [5.41, 5.74) is 1.94. The van der Waals surface area contributed by atoms with Gasteiger partial charge in [0, 0.05) is 29.2 Å². The van der Waals surface area contributed by atoms with Crippen LogP contribution in [0.1, 0.15) is 22.8 Å². The van der Waals surface area contributed by atoms with E-state index in [1.165, 1.54) is 4.90 Å². The van der Waals surface area contributed by atoms with Crippen LogP contribution in [0.2, 0.25) is 0 Å². The monoisotopic (exact) mass is 398 g/mol. The maximum Gasteiger partial charge on any atom is 0.413 e. The summed E-state index contributed by atoms with van der Waals surface area (Å²) in [7, 11) is 0. The fourth-order valence-electron chi connectivity index (χ4n) is 4.28. The van der Waals surface area contributed by atoms with E-state index >= 15 is 0 Å². The van der Waals surface area contributed by atoms with Crippen LogP contribution in [-0.4, -0.2) is 27.6 Å². The van der Waals surface area contributed by atoms with Gasteiger partial charge in [0.25, 0.3) is 0 Å². The lowest BCUT2D eigenvalue weighted by atomic mass is 9.91. The molecule has 0 spiro atoms. The maximum absolute atomic E-state index is 12.9. The van der Waals surface area contributed by atoms with Crippen molar-refractivity contribution >= 4 is 17.0 Å². The summed E-state index contributed by atoms with van der Waals surface area (Å²) >= 11 is 0. The Morgan fingerprint density at radius 3 is 2.37 bits per heavy atom. The van der Waals surface area contributed by atoms with Gasteiger partial charge in [-0.2, -0.15) is 0 Å². The lowest BCUT2D eigenvalue weighted by molar-refractivity contribution is -0.109. The van der Waals surface area contributed by atoms with Gasteiger partial charge >= 0.3 is 6.09 Å². The number of aromatic nitrogens is 1. The van der Waals surface area contributed by atoms with Crippen LogP contribution in [0.3, 0.4) is 0 Å². The summed E-state index contributed by atoms with van der Waals surface area (Å²) in [6, 6.07) is 26.7. The maximum atomic E-state index is 12.9. The van der Waals surface area contributed by atoms with E-state index < -0.39 is 17.9 Å². The molecular formula is C25H22N2O3. The lowest BCUT2D eigenvalue weighted by Gasteiger charge is -2.34. The third-order valence-electron chi connectivity index (χ3n) is 5.80. The van der Waals surface area contributed by atoms with E-state index in [1.54, 1.807) is 0 Å². The highest BCUT2D eigenvalue weighted by Crippen LogP contribution is 2.46. The summed E-state index contributed by atoms with van der Waals surface area (Å²) < 4.78 is 5.72. The highest BCUT2D eigenvalue weighted by Gasteiger charge is 2.55. The minimum Gasteiger partial charge on any atom is -0.436 e. The van der Waals surface area contributed by atoms with Gasteiger partial charge in [-0.15, -0.1) is 0 Å². The molecule has 0 aliphatic carbocycles. The molecule has 2 N–H and O–H groups in total. The Kier molecular flexibility index (Phi) is 4.52. The third kappa shape index (κ3) is 2.95. The minimum absolute atomic E-state index is 0.329. The molecule has 1 amide bonds. The van der Waals surface area contributed by atoms with Crippen molar-refractivity contribution in [2.24, 2.45) is 0 Å². The van der Waals surface area contributed by atoms with Crippen molar-refractivity contribution in [1.29, 1.82) is 0 Å². The molecule has 1 aliphatic rings. The van der Waals surface area contributed by atoms with Crippen molar-refractivity contribution in [3.05, 3.63) is 108 Å². The zero-order chi connectivity index (χ0) is 20.6. The molecule has 1 aromatic heterocycles. The molecule has 1 saturated heterocycles. The number of fused-ring (bicyclic) bond motifs is 1. The van der Waals surface area contributed by atoms with Crippen LogP contribution in [0, 0.1) is 0 Å². The fraction of sp³-hybridized carbons (Fsp3) is 0.160. The van der Waals surface area contributed by atoms with Crippen LogP contribution in [0.5, 0.6) is 0 Å². The van der Waals surface area contributed by atoms with Gasteiger partial charge in [0.2, 0.25) is 5.72 Å². The van der Waals surface area contributed by atoms with Gasteiger partial charge in [-0.25, -0.2) is 4.79 Å². The first kappa shape index (κ1) is 18.5. The summed E-state index contributed by atoms with van der Waals surface area (Å²) in [6.07, 6.45) is 1.23. The molecular weight excluding hydrogens is 376 g/mol. The molecule has 150 valence electrons. The number of cyclic esters (lactones) is 1. The van der Waals surface area contributed by atoms with Gasteiger partial charge < -0.3 is 14.8 Å². The molecule has 0 unspecified atom stereocenters. The summed E-state index contributed by atoms with van der Waals surface area (Å²) in [5.74, 6) is 0. The Balaban J connectivity index is 1.51. The van der Waals surface area contributed by atoms with Crippen LogP contribution in [0.25, 0.3) is 10.9 Å². The van der Waals surface area contributed by atoms with E-state index in [1.807, 2.05) is 85.1 Å². The van der Waals surface area contributed by atoms with Crippen LogP contribution >= 0.6 is 0 Å². The normalized spacial score (nSPS) is 21.2. The average molecular weight is 398 g/mol. The predicted octanol–water partition coefficient (Wildman–Crippen LogP) is 4.75. The number of hydrogen-bond donors (Lipinski definition) is 2. The summed E-state index contributed by atoms with van der Waals surface area (Å²) in [4.78, 5) is 17.6. The number of aromatic amines is 1. The van der Waals surface area contributed by atoms with E-state index in [0.29, 0.717) is 18.5 Å². The lowest BCUT2D eigenvalue weighted by Crippen LogP contribution is -2.46. The van der Waals surface area contributed by atoms with Crippen LogP contribution in [0.15, 0.2) is 91.1 Å². The number of H-pyrrole nitrogens is 1. The smallest absolute Gasteiger partial charge is 0.413 e. The Morgan fingerprint density at radius 2 is 1.60 bits per heavy atom. The number of para-hydroxylation sites is 1. The second-order valence-electron chi connectivity index (χ2n) is 7.53. The SMILES string of the molecule is O=C1O[C@H](c2ccccc2)[C@@](O)(c2ccccc2)N1CCc1c[nH]c2ccccc12. The quantitative estimate of drug-likeness (QED) is 0.510. The van der Waals surface area contributed by atoms with Crippen molar-refractivity contribution < 1.29 is 14.6 Å². The fourth-order valence-corrected chi connectivity index (χ4v) is 4.28. The van der Waals surface area contributed by atoms with E-state index in [0.717, 1.165) is 22.0 Å². The number of carbonyl (C=O) groups is 1. The molecule has 5 rings (SSSR count). The number of nitrogens with one attached hydrogen (secondary N) is 1. The van der Waals surface area contributed by atoms with E-state index in [4.69, 9.17) is 4.74 Å². The third-order valence-corrected chi connectivity index (χ3v) is 5.80. The number of amides is 1. The van der Waals surface area contributed by atoms with Crippen LogP contribution in [-0.2, 0) is 16.9 Å². The molecule has 1 aliphatic heterocycles. The molecule has 2 atom stereocenters. The number of benzene rings is 3. The van der Waals surface area contributed by atoms with Crippen molar-refractivity contribution in [3.8, 4) is 0 Å². The number of ether oxygens (including phenoxy) is 1. The van der Waals surface area contributed by atoms with Gasteiger partial charge in [-0.1, -0.05) is 78.9 Å². The van der Waals surface area contributed by atoms with Gasteiger partial charge in [0.1, 0.15) is 0 Å². The van der Waals surface area contributed by atoms with Crippen LogP contribution < -0.4 is 0 Å². The summed E-state index contributed by atoms with van der Waals surface area (Å²) in [5, 5.41) is 13.0. The second kappa shape index (κ2) is 7.35. The second-order valence-corrected chi connectivity index (χ2v) is 7.53. The number of aliphatic hydroxyl groups is 1. The minimum atomic E-state index is -1.59. The molecule has 0 saturated carbocycles. The first-order chi connectivity index (χ1) is 14.7. The van der Waals surface area contributed by atoms with Crippen molar-refractivity contribution in [2.45, 2.75) is 18.2 Å². The molecule has 5 heteroatoms. The first-order valence-electron chi connectivity index (χ1n) is 10.0.